The Hall–Kier alpha value is -1.58. The molecule has 0 spiro atoms. The van der Waals surface area contributed by atoms with E-state index in [0.717, 1.165) is 50.7 Å². The van der Waals surface area contributed by atoms with Gasteiger partial charge in [-0.1, -0.05) is 33.3 Å². The third-order valence-electron chi connectivity index (χ3n) is 9.03. The number of carboxylic acids is 1. The van der Waals surface area contributed by atoms with Crippen LogP contribution >= 0.6 is 0 Å². The molecular formula is C25H35FO3. The molecule has 0 saturated heterocycles. The molecule has 0 heterocycles. The predicted molar refractivity (Wildman–Crippen MR) is 112 cm³/mol. The number of methoxy groups -OCH3 is 1. The summed E-state index contributed by atoms with van der Waals surface area (Å²) in [5.41, 5.74) is 1.86. The second-order valence-electron chi connectivity index (χ2n) is 10.2. The number of rotatable bonds is 4. The van der Waals surface area contributed by atoms with Crippen molar-refractivity contribution in [2.75, 3.05) is 7.11 Å². The number of hydrogen-bond donors (Lipinski definition) is 1. The first-order valence-electron chi connectivity index (χ1n) is 11.4. The molecule has 4 aliphatic carbocycles. The van der Waals surface area contributed by atoms with E-state index in [1.807, 2.05) is 0 Å². The number of halogens is 1. The maximum absolute atomic E-state index is 14.6. The van der Waals surface area contributed by atoms with Crippen molar-refractivity contribution in [1.82, 2.24) is 0 Å². The van der Waals surface area contributed by atoms with Crippen molar-refractivity contribution >= 4 is 5.97 Å². The fraction of sp³-hybridized carbons (Fsp3) is 0.720. The number of hydrogen-bond acceptors (Lipinski definition) is 2. The number of ether oxygens (including phenoxy) is 1. The van der Waals surface area contributed by atoms with Crippen LogP contribution < -0.4 is 0 Å². The minimum Gasteiger partial charge on any atom is -0.501 e. The van der Waals surface area contributed by atoms with Gasteiger partial charge in [0.1, 0.15) is 0 Å². The van der Waals surface area contributed by atoms with Crippen molar-refractivity contribution in [1.29, 1.82) is 0 Å². The van der Waals surface area contributed by atoms with Crippen LogP contribution in [0.15, 0.2) is 34.9 Å². The zero-order valence-electron chi connectivity index (χ0n) is 18.3. The molecule has 4 rings (SSSR count). The fourth-order valence-corrected chi connectivity index (χ4v) is 7.53. The lowest BCUT2D eigenvalue weighted by atomic mass is 9.46. The van der Waals surface area contributed by atoms with Crippen molar-refractivity contribution in [3.8, 4) is 0 Å². The Morgan fingerprint density at radius 3 is 2.59 bits per heavy atom. The van der Waals surface area contributed by atoms with Gasteiger partial charge in [-0.05, 0) is 90.2 Å². The van der Waals surface area contributed by atoms with Crippen LogP contribution in [0.4, 0.5) is 4.39 Å². The van der Waals surface area contributed by atoms with Crippen LogP contribution in [0, 0.1) is 34.5 Å². The topological polar surface area (TPSA) is 46.5 Å². The van der Waals surface area contributed by atoms with Crippen molar-refractivity contribution in [3.05, 3.63) is 34.9 Å². The highest BCUT2D eigenvalue weighted by Crippen LogP contribution is 2.67. The quantitative estimate of drug-likeness (QED) is 0.552. The van der Waals surface area contributed by atoms with Crippen LogP contribution in [0.1, 0.15) is 72.1 Å². The van der Waals surface area contributed by atoms with Crippen LogP contribution in [0.25, 0.3) is 0 Å². The highest BCUT2D eigenvalue weighted by atomic mass is 19.1. The Labute approximate surface area is 174 Å². The van der Waals surface area contributed by atoms with Crippen LogP contribution in [-0.2, 0) is 9.53 Å². The second-order valence-corrected chi connectivity index (χ2v) is 10.2. The minimum absolute atomic E-state index is 0.149. The van der Waals surface area contributed by atoms with Crippen molar-refractivity contribution in [2.45, 2.75) is 72.1 Å². The van der Waals surface area contributed by atoms with E-state index in [1.54, 1.807) is 7.11 Å². The normalized spacial score (nSPS) is 42.8. The summed E-state index contributed by atoms with van der Waals surface area (Å²) in [5.74, 6) is 0.758. The van der Waals surface area contributed by atoms with Crippen molar-refractivity contribution in [2.24, 2.45) is 34.5 Å². The van der Waals surface area contributed by atoms with E-state index >= 15 is 0 Å². The van der Waals surface area contributed by atoms with Gasteiger partial charge in [0.2, 0.25) is 5.83 Å². The molecule has 6 atom stereocenters. The molecule has 29 heavy (non-hydrogen) atoms. The number of carboxylic acid groups (broad SMARTS) is 1. The third-order valence-corrected chi connectivity index (χ3v) is 9.03. The van der Waals surface area contributed by atoms with Gasteiger partial charge < -0.3 is 9.84 Å². The summed E-state index contributed by atoms with van der Waals surface area (Å²) in [6.07, 6.45) is 12.6. The standard InChI is InChI=1S/C25H35FO3/c1-5-6-15-13-16-14-17(29-4)9-11-24(16,2)19-10-12-25(3)18(21(15)19)7-8-20(25)22(26)23(27)28/h13-15,18-19,21H,5-12H2,1-4H3,(H,27,28)/t15-,18-,19-,21-,24-,25-/m0/s1. The van der Waals surface area contributed by atoms with Crippen molar-refractivity contribution < 1.29 is 19.0 Å². The van der Waals surface area contributed by atoms with E-state index in [9.17, 15) is 14.3 Å². The van der Waals surface area contributed by atoms with Gasteiger partial charge in [-0.15, -0.1) is 0 Å². The lowest BCUT2D eigenvalue weighted by Crippen LogP contribution is -2.51. The lowest BCUT2D eigenvalue weighted by Gasteiger charge is -2.58. The number of aliphatic carboxylic acids is 1. The van der Waals surface area contributed by atoms with Gasteiger partial charge >= 0.3 is 5.97 Å². The van der Waals surface area contributed by atoms with Crippen LogP contribution in [0.5, 0.6) is 0 Å². The molecule has 2 saturated carbocycles. The van der Waals surface area contributed by atoms with E-state index < -0.39 is 11.8 Å². The van der Waals surface area contributed by atoms with Gasteiger partial charge in [0.05, 0.1) is 12.9 Å². The van der Waals surface area contributed by atoms with Gasteiger partial charge in [0.25, 0.3) is 0 Å². The van der Waals surface area contributed by atoms with E-state index in [2.05, 4.69) is 32.9 Å². The Balaban J connectivity index is 1.78. The summed E-state index contributed by atoms with van der Waals surface area (Å²) >= 11 is 0. The molecule has 3 nitrogen and oxygen atoms in total. The third kappa shape index (κ3) is 3.00. The second kappa shape index (κ2) is 7.28. The molecule has 0 aromatic heterocycles. The summed E-state index contributed by atoms with van der Waals surface area (Å²) in [7, 11) is 1.76. The zero-order chi connectivity index (χ0) is 21.0. The highest BCUT2D eigenvalue weighted by Gasteiger charge is 2.59. The van der Waals surface area contributed by atoms with Crippen LogP contribution in [-0.4, -0.2) is 18.2 Å². The molecule has 0 unspecified atom stereocenters. The van der Waals surface area contributed by atoms with E-state index in [4.69, 9.17) is 4.74 Å². The zero-order valence-corrected chi connectivity index (χ0v) is 18.3. The van der Waals surface area contributed by atoms with Gasteiger partial charge in [-0.3, -0.25) is 0 Å². The molecule has 0 aromatic carbocycles. The summed E-state index contributed by atoms with van der Waals surface area (Å²) in [5, 5.41) is 9.30. The number of allylic oxidation sites excluding steroid dienone is 5. The van der Waals surface area contributed by atoms with Gasteiger partial charge in [0.15, 0.2) is 0 Å². The Bertz CT molecular complexity index is 794. The molecule has 160 valence electrons. The van der Waals surface area contributed by atoms with Crippen molar-refractivity contribution in [3.63, 3.8) is 0 Å². The van der Waals surface area contributed by atoms with Gasteiger partial charge in [0, 0.05) is 6.42 Å². The highest BCUT2D eigenvalue weighted by molar-refractivity contribution is 5.85. The van der Waals surface area contributed by atoms with E-state index in [-0.39, 0.29) is 10.8 Å². The van der Waals surface area contributed by atoms with Crippen LogP contribution in [0.2, 0.25) is 0 Å². The maximum atomic E-state index is 14.6. The summed E-state index contributed by atoms with van der Waals surface area (Å²) in [6, 6.07) is 0. The molecule has 2 fully saturated rings. The first-order valence-corrected chi connectivity index (χ1v) is 11.4. The average Bonchev–Trinajstić information content (AvgIpc) is 3.04. The molecule has 0 aliphatic heterocycles. The molecule has 1 N–H and O–H groups in total. The molecule has 4 aliphatic rings. The predicted octanol–water partition coefficient (Wildman–Crippen LogP) is 6.42. The number of fused-ring (bicyclic) bond motifs is 5. The molecular weight excluding hydrogens is 367 g/mol. The van der Waals surface area contributed by atoms with Gasteiger partial charge in [-0.2, -0.15) is 4.39 Å². The largest absolute Gasteiger partial charge is 0.501 e. The Morgan fingerprint density at radius 1 is 1.21 bits per heavy atom. The molecule has 0 bridgehead atoms. The lowest BCUT2D eigenvalue weighted by molar-refractivity contribution is -0.134. The first-order chi connectivity index (χ1) is 13.8. The monoisotopic (exact) mass is 402 g/mol. The first kappa shape index (κ1) is 20.7. The molecule has 0 aromatic rings. The van der Waals surface area contributed by atoms with E-state index in [1.165, 1.54) is 5.57 Å². The van der Waals surface area contributed by atoms with E-state index in [0.29, 0.717) is 35.7 Å². The summed E-state index contributed by atoms with van der Waals surface area (Å²) in [4.78, 5) is 11.4. The smallest absolute Gasteiger partial charge is 0.364 e. The Morgan fingerprint density at radius 2 is 1.93 bits per heavy atom. The maximum Gasteiger partial charge on any atom is 0.364 e. The fourth-order valence-electron chi connectivity index (χ4n) is 7.53. The minimum atomic E-state index is -1.39. The summed E-state index contributed by atoms with van der Waals surface area (Å²) < 4.78 is 20.2. The van der Waals surface area contributed by atoms with Gasteiger partial charge in [-0.25, -0.2) is 4.79 Å². The molecule has 4 heteroatoms. The molecule has 0 radical (unpaired) electrons. The number of carbonyl (C=O) groups is 1. The summed E-state index contributed by atoms with van der Waals surface area (Å²) in [6.45, 7) is 6.81. The SMILES string of the molecule is CCC[C@H]1C=C2C=C(OC)CC[C@]2(C)[C@H]2CC[C@]3(C)C(=C(F)C(=O)O)CC[C@H]3[C@H]12. The van der Waals surface area contributed by atoms with Crippen LogP contribution in [0.3, 0.4) is 0 Å². The Kier molecular flexibility index (Phi) is 5.19. The molecule has 0 amide bonds. The average molecular weight is 403 g/mol.